The smallest absolute Gasteiger partial charge is 0.203 e. The van der Waals surface area contributed by atoms with Gasteiger partial charge in [-0.3, -0.25) is 0 Å². The molecule has 0 bridgehead atoms. The van der Waals surface area contributed by atoms with Crippen LogP contribution in [0.2, 0.25) is 0 Å². The molecular weight excluding hydrogens is 318 g/mol. The molecule has 0 saturated carbocycles. The topological polar surface area (TPSA) is 60.8 Å². The van der Waals surface area contributed by atoms with Crippen molar-refractivity contribution in [2.75, 3.05) is 20.3 Å². The van der Waals surface area contributed by atoms with E-state index in [9.17, 15) is 5.11 Å². The Hall–Kier alpha value is -3.21. The minimum absolute atomic E-state index is 0.175. The van der Waals surface area contributed by atoms with Crippen LogP contribution in [0.5, 0.6) is 23.0 Å². The lowest BCUT2D eigenvalue weighted by Crippen LogP contribution is -2.16. The van der Waals surface area contributed by atoms with Crippen molar-refractivity contribution in [1.29, 1.82) is 0 Å². The Labute approximate surface area is 145 Å². The van der Waals surface area contributed by atoms with Gasteiger partial charge in [-0.2, -0.15) is 0 Å². The van der Waals surface area contributed by atoms with Crippen molar-refractivity contribution in [3.63, 3.8) is 0 Å². The Kier molecular flexibility index (Phi) is 3.90. The van der Waals surface area contributed by atoms with Crippen LogP contribution in [0, 0.1) is 0 Å². The van der Waals surface area contributed by atoms with E-state index >= 15 is 0 Å². The highest BCUT2D eigenvalue weighted by Gasteiger charge is 2.17. The molecular formula is C20H17NO4. The standard InChI is InChI=1S/C20H17NO4/c1-23-17-11-13(12-18-20(17)25-10-9-24-18)5-7-15-8-6-14-3-2-4-16(22)19(14)21-15/h2-8,11-12,22H,9-10H2,1H3/b7-5+. The van der Waals surface area contributed by atoms with Crippen LogP contribution in [0.4, 0.5) is 0 Å². The molecule has 0 spiro atoms. The molecule has 5 heteroatoms. The van der Waals surface area contributed by atoms with Gasteiger partial charge >= 0.3 is 0 Å². The molecule has 2 heterocycles. The molecule has 0 aliphatic carbocycles. The highest BCUT2D eigenvalue weighted by molar-refractivity contribution is 5.85. The predicted molar refractivity (Wildman–Crippen MR) is 96.3 cm³/mol. The van der Waals surface area contributed by atoms with Gasteiger partial charge in [-0.1, -0.05) is 24.3 Å². The Morgan fingerprint density at radius 3 is 2.84 bits per heavy atom. The van der Waals surface area contributed by atoms with Crippen LogP contribution in [0.15, 0.2) is 42.5 Å². The number of nitrogens with zero attached hydrogens (tertiary/aromatic N) is 1. The number of aromatic nitrogens is 1. The molecule has 0 radical (unpaired) electrons. The van der Waals surface area contributed by atoms with E-state index in [-0.39, 0.29) is 5.75 Å². The maximum Gasteiger partial charge on any atom is 0.203 e. The van der Waals surface area contributed by atoms with E-state index in [2.05, 4.69) is 4.98 Å². The number of methoxy groups -OCH3 is 1. The molecule has 2 aromatic carbocycles. The molecule has 5 nitrogen and oxygen atoms in total. The summed E-state index contributed by atoms with van der Waals surface area (Å²) in [5.41, 5.74) is 2.26. The molecule has 0 atom stereocenters. The van der Waals surface area contributed by atoms with E-state index < -0.39 is 0 Å². The van der Waals surface area contributed by atoms with Crippen molar-refractivity contribution in [3.8, 4) is 23.0 Å². The van der Waals surface area contributed by atoms with Gasteiger partial charge in [0.25, 0.3) is 0 Å². The third-order valence-electron chi connectivity index (χ3n) is 4.02. The number of hydrogen-bond donors (Lipinski definition) is 1. The van der Waals surface area contributed by atoms with Crippen LogP contribution in [-0.4, -0.2) is 30.4 Å². The first kappa shape index (κ1) is 15.3. The summed E-state index contributed by atoms with van der Waals surface area (Å²) >= 11 is 0. The highest BCUT2D eigenvalue weighted by Crippen LogP contribution is 2.40. The molecule has 0 fully saturated rings. The number of phenolic OH excluding ortho intramolecular Hbond substituents is 1. The molecule has 1 aromatic heterocycles. The Bertz CT molecular complexity index is 948. The molecule has 3 aromatic rings. The van der Waals surface area contributed by atoms with Gasteiger partial charge in [0.05, 0.1) is 12.8 Å². The van der Waals surface area contributed by atoms with E-state index in [1.54, 1.807) is 19.2 Å². The number of aromatic hydroxyl groups is 1. The lowest BCUT2D eigenvalue weighted by atomic mass is 10.1. The number of para-hydroxylation sites is 1. The van der Waals surface area contributed by atoms with Crippen molar-refractivity contribution in [1.82, 2.24) is 4.98 Å². The molecule has 25 heavy (non-hydrogen) atoms. The summed E-state index contributed by atoms with van der Waals surface area (Å²) in [7, 11) is 1.61. The number of hydrogen-bond acceptors (Lipinski definition) is 5. The van der Waals surface area contributed by atoms with Gasteiger partial charge in [0.1, 0.15) is 24.5 Å². The van der Waals surface area contributed by atoms with Crippen molar-refractivity contribution >= 4 is 23.1 Å². The zero-order valence-corrected chi connectivity index (χ0v) is 13.7. The van der Waals surface area contributed by atoms with Crippen LogP contribution in [0.25, 0.3) is 23.1 Å². The van der Waals surface area contributed by atoms with E-state index in [4.69, 9.17) is 14.2 Å². The summed E-state index contributed by atoms with van der Waals surface area (Å²) in [5, 5.41) is 10.8. The fourth-order valence-corrected chi connectivity index (χ4v) is 2.81. The first-order chi connectivity index (χ1) is 12.2. The number of benzene rings is 2. The summed E-state index contributed by atoms with van der Waals surface area (Å²) < 4.78 is 16.6. The average molecular weight is 335 g/mol. The molecule has 1 aliphatic heterocycles. The van der Waals surface area contributed by atoms with Crippen molar-refractivity contribution in [2.24, 2.45) is 0 Å². The molecule has 1 N–H and O–H groups in total. The van der Waals surface area contributed by atoms with E-state index in [1.807, 2.05) is 42.5 Å². The molecule has 0 saturated heterocycles. The lowest BCUT2D eigenvalue weighted by Gasteiger charge is -2.20. The van der Waals surface area contributed by atoms with Gasteiger partial charge in [-0.05, 0) is 35.9 Å². The van der Waals surface area contributed by atoms with Gasteiger partial charge in [-0.25, -0.2) is 4.98 Å². The van der Waals surface area contributed by atoms with Crippen LogP contribution in [0.3, 0.4) is 0 Å². The van der Waals surface area contributed by atoms with Crippen molar-refractivity contribution in [2.45, 2.75) is 0 Å². The SMILES string of the molecule is COc1cc(/C=C/c2ccc3cccc(O)c3n2)cc2c1OCCO2. The first-order valence-corrected chi connectivity index (χ1v) is 7.99. The second-order valence-electron chi connectivity index (χ2n) is 5.67. The molecule has 0 amide bonds. The van der Waals surface area contributed by atoms with Gasteiger partial charge < -0.3 is 19.3 Å². The zero-order valence-electron chi connectivity index (χ0n) is 13.7. The second-order valence-corrected chi connectivity index (χ2v) is 5.67. The maximum atomic E-state index is 9.95. The van der Waals surface area contributed by atoms with Crippen molar-refractivity contribution < 1.29 is 19.3 Å². The third-order valence-corrected chi connectivity index (χ3v) is 4.02. The summed E-state index contributed by atoms with van der Waals surface area (Å²) in [6.07, 6.45) is 3.81. The molecule has 4 rings (SSSR count). The summed E-state index contributed by atoms with van der Waals surface area (Å²) in [6.45, 7) is 1.04. The average Bonchev–Trinajstić information content (AvgIpc) is 2.66. The number of ether oxygens (including phenoxy) is 3. The highest BCUT2D eigenvalue weighted by atomic mass is 16.6. The summed E-state index contributed by atoms with van der Waals surface area (Å²) in [4.78, 5) is 4.50. The second kappa shape index (κ2) is 6.36. The zero-order chi connectivity index (χ0) is 17.2. The fraction of sp³-hybridized carbons (Fsp3) is 0.150. The molecule has 1 aliphatic rings. The van der Waals surface area contributed by atoms with Crippen LogP contribution >= 0.6 is 0 Å². The van der Waals surface area contributed by atoms with E-state index in [0.717, 1.165) is 16.6 Å². The minimum Gasteiger partial charge on any atom is -0.506 e. The monoisotopic (exact) mass is 335 g/mol. The first-order valence-electron chi connectivity index (χ1n) is 7.99. The van der Waals surface area contributed by atoms with Crippen molar-refractivity contribution in [3.05, 3.63) is 53.7 Å². The maximum absolute atomic E-state index is 9.95. The largest absolute Gasteiger partial charge is 0.506 e. The summed E-state index contributed by atoms with van der Waals surface area (Å²) in [5.74, 6) is 2.13. The minimum atomic E-state index is 0.175. The predicted octanol–water partition coefficient (Wildman–Crippen LogP) is 3.89. The Morgan fingerprint density at radius 2 is 1.96 bits per heavy atom. The van der Waals surface area contributed by atoms with Gasteiger partial charge in [0.15, 0.2) is 11.5 Å². The molecule has 126 valence electrons. The number of pyridine rings is 1. The lowest BCUT2D eigenvalue weighted by molar-refractivity contribution is 0.165. The Morgan fingerprint density at radius 1 is 1.08 bits per heavy atom. The number of fused-ring (bicyclic) bond motifs is 2. The fourth-order valence-electron chi connectivity index (χ4n) is 2.81. The van der Waals surface area contributed by atoms with Gasteiger partial charge in [-0.15, -0.1) is 0 Å². The van der Waals surface area contributed by atoms with E-state index in [1.165, 1.54) is 0 Å². The van der Waals surface area contributed by atoms with Crippen LogP contribution in [0.1, 0.15) is 11.3 Å². The third kappa shape index (κ3) is 2.96. The van der Waals surface area contributed by atoms with Gasteiger partial charge in [0, 0.05) is 5.39 Å². The van der Waals surface area contributed by atoms with Crippen LogP contribution < -0.4 is 14.2 Å². The Balaban J connectivity index is 1.69. The van der Waals surface area contributed by atoms with Crippen LogP contribution in [-0.2, 0) is 0 Å². The van der Waals surface area contributed by atoms with Gasteiger partial charge in [0.2, 0.25) is 5.75 Å². The normalized spacial score (nSPS) is 13.3. The molecule has 0 unspecified atom stereocenters. The number of phenols is 1. The number of rotatable bonds is 3. The summed E-state index contributed by atoms with van der Waals surface area (Å²) in [6, 6.07) is 13.0. The quantitative estimate of drug-likeness (QED) is 0.787. The van der Waals surface area contributed by atoms with E-state index in [0.29, 0.717) is 36.0 Å².